The van der Waals surface area contributed by atoms with E-state index in [0.29, 0.717) is 19.3 Å². The molecule has 1 unspecified atom stereocenters. The van der Waals surface area contributed by atoms with Gasteiger partial charge in [-0.05, 0) is 154 Å². The van der Waals surface area contributed by atoms with Gasteiger partial charge in [-0.2, -0.15) is 0 Å². The summed E-state index contributed by atoms with van der Waals surface area (Å²) in [6.45, 7) is 6.41. The molecule has 460 valence electrons. The molecular formula is C76H120O6. The van der Waals surface area contributed by atoms with E-state index in [2.05, 4.69) is 191 Å². The van der Waals surface area contributed by atoms with Crippen LogP contribution in [0.25, 0.3) is 0 Å². The second-order valence-corrected chi connectivity index (χ2v) is 21.3. The number of carbonyl (C=O) groups is 3. The number of hydrogen-bond acceptors (Lipinski definition) is 6. The molecule has 1 atom stereocenters. The van der Waals surface area contributed by atoms with Crippen molar-refractivity contribution >= 4 is 17.9 Å². The molecule has 0 aromatic rings. The lowest BCUT2D eigenvalue weighted by Crippen LogP contribution is -2.30. The molecule has 0 amide bonds. The number of unbranched alkanes of at least 4 members (excludes halogenated alkanes) is 19. The highest BCUT2D eigenvalue weighted by Gasteiger charge is 2.19. The molecule has 0 heterocycles. The summed E-state index contributed by atoms with van der Waals surface area (Å²) in [6, 6.07) is 0. The average Bonchev–Trinajstić information content (AvgIpc) is 3.48. The van der Waals surface area contributed by atoms with E-state index in [0.717, 1.165) is 186 Å². The van der Waals surface area contributed by atoms with Crippen LogP contribution in [0, 0.1) is 0 Å². The first kappa shape index (κ1) is 76.8. The number of esters is 3. The smallest absolute Gasteiger partial charge is 0.306 e. The molecule has 0 saturated carbocycles. The van der Waals surface area contributed by atoms with Crippen LogP contribution in [0.3, 0.4) is 0 Å². The van der Waals surface area contributed by atoms with Gasteiger partial charge >= 0.3 is 17.9 Å². The van der Waals surface area contributed by atoms with Gasteiger partial charge in [-0.3, -0.25) is 14.4 Å². The Morgan fingerprint density at radius 3 is 0.780 bits per heavy atom. The Balaban J connectivity index is 4.36. The van der Waals surface area contributed by atoms with Crippen LogP contribution in [0.1, 0.15) is 271 Å². The topological polar surface area (TPSA) is 78.9 Å². The van der Waals surface area contributed by atoms with Crippen molar-refractivity contribution < 1.29 is 28.6 Å². The van der Waals surface area contributed by atoms with E-state index < -0.39 is 6.10 Å². The van der Waals surface area contributed by atoms with E-state index in [1.54, 1.807) is 0 Å². The molecule has 6 heteroatoms. The predicted molar refractivity (Wildman–Crippen MR) is 357 cm³/mol. The van der Waals surface area contributed by atoms with Gasteiger partial charge in [0, 0.05) is 19.3 Å². The number of ether oxygens (including phenoxy) is 3. The molecule has 0 radical (unpaired) electrons. The van der Waals surface area contributed by atoms with Gasteiger partial charge in [0.05, 0.1) is 0 Å². The van der Waals surface area contributed by atoms with Gasteiger partial charge in [0.2, 0.25) is 0 Å². The standard InChI is InChI=1S/C76H120O6/c1-4-7-10-13-16-19-22-25-28-29-30-31-32-33-34-35-36-37-38-39-40-41-42-43-44-45-46-47-49-51-54-57-60-63-66-69-75(78)81-72-73(71-80-74(77)68-65-62-59-56-53-50-27-24-21-18-15-12-9-6-3)82-76(79)70-67-64-61-58-55-52-48-26-23-20-17-14-11-8-5-2/h7,10,15-20,24-28,30-31,33-34,36-37,39-40,42-43,45-46,48-49,51,73H,4-6,8-9,11-14,21-23,29,32,35,38,41,44,47,50,52-72H2,1-3H3/b10-7-,18-15-,19-16-,20-17-,27-24-,28-25-,31-30-,34-33-,37-36-,40-39-,43-42-,46-45-,48-26-,51-49-. The summed E-state index contributed by atoms with van der Waals surface area (Å²) in [4.78, 5) is 38.3. The Labute approximate surface area is 504 Å². The SMILES string of the molecule is CC/C=C\C/C=C\C/C=C\C/C=C\C/C=C\C/C=C\C/C=C\C/C=C\C/C=C\C/C=C\CCCCCCC(=O)OCC(COC(=O)CCCCCCC/C=C\C/C=C\CCCC)OC(=O)CCCCCCC/C=C\C/C=C\CCCCC. The zero-order valence-corrected chi connectivity index (χ0v) is 52.7. The Kier molecular flexibility index (Phi) is 63.9. The van der Waals surface area contributed by atoms with Gasteiger partial charge in [-0.1, -0.05) is 268 Å². The van der Waals surface area contributed by atoms with E-state index in [1.165, 1.54) is 44.9 Å². The van der Waals surface area contributed by atoms with E-state index in [9.17, 15) is 14.4 Å². The number of hydrogen-bond donors (Lipinski definition) is 0. The molecule has 0 aromatic carbocycles. The monoisotopic (exact) mass is 1130 g/mol. The lowest BCUT2D eigenvalue weighted by molar-refractivity contribution is -0.167. The summed E-state index contributed by atoms with van der Waals surface area (Å²) in [5.74, 6) is -0.962. The molecule has 0 spiro atoms. The Morgan fingerprint density at radius 2 is 0.488 bits per heavy atom. The van der Waals surface area contributed by atoms with Crippen molar-refractivity contribution in [1.82, 2.24) is 0 Å². The van der Waals surface area contributed by atoms with Crippen LogP contribution in [-0.2, 0) is 28.6 Å². The summed E-state index contributed by atoms with van der Waals surface area (Å²) in [7, 11) is 0. The molecular weight excluding hydrogens is 1010 g/mol. The van der Waals surface area contributed by atoms with Crippen molar-refractivity contribution in [3.8, 4) is 0 Å². The van der Waals surface area contributed by atoms with Gasteiger partial charge in [0.1, 0.15) is 13.2 Å². The van der Waals surface area contributed by atoms with Crippen LogP contribution in [0.15, 0.2) is 170 Å². The number of allylic oxidation sites excluding steroid dienone is 28. The molecule has 0 aliphatic heterocycles. The lowest BCUT2D eigenvalue weighted by atomic mass is 10.1. The molecule has 0 aliphatic carbocycles. The van der Waals surface area contributed by atoms with Gasteiger partial charge < -0.3 is 14.2 Å². The zero-order chi connectivity index (χ0) is 59.2. The van der Waals surface area contributed by atoms with Gasteiger partial charge in [-0.15, -0.1) is 0 Å². The predicted octanol–water partition coefficient (Wildman–Crippen LogP) is 23.0. The van der Waals surface area contributed by atoms with Crippen molar-refractivity contribution in [2.75, 3.05) is 13.2 Å². The van der Waals surface area contributed by atoms with Crippen LogP contribution in [0.5, 0.6) is 0 Å². The van der Waals surface area contributed by atoms with Gasteiger partial charge in [0.15, 0.2) is 6.10 Å². The third-order valence-corrected chi connectivity index (χ3v) is 13.4. The second-order valence-electron chi connectivity index (χ2n) is 21.3. The third kappa shape index (κ3) is 65.6. The lowest BCUT2D eigenvalue weighted by Gasteiger charge is -2.18. The van der Waals surface area contributed by atoms with Crippen LogP contribution in [-0.4, -0.2) is 37.2 Å². The maximum Gasteiger partial charge on any atom is 0.306 e. The van der Waals surface area contributed by atoms with Gasteiger partial charge in [-0.25, -0.2) is 0 Å². The van der Waals surface area contributed by atoms with E-state index >= 15 is 0 Å². The van der Waals surface area contributed by atoms with Crippen molar-refractivity contribution in [1.29, 1.82) is 0 Å². The molecule has 0 fully saturated rings. The maximum absolute atomic E-state index is 12.9. The average molecular weight is 1130 g/mol. The van der Waals surface area contributed by atoms with Gasteiger partial charge in [0.25, 0.3) is 0 Å². The molecule has 0 bridgehead atoms. The third-order valence-electron chi connectivity index (χ3n) is 13.4. The summed E-state index contributed by atoms with van der Waals surface area (Å²) in [6.07, 6.45) is 101. The quantitative estimate of drug-likeness (QED) is 0.0261. The highest BCUT2D eigenvalue weighted by atomic mass is 16.6. The Hall–Kier alpha value is -5.23. The largest absolute Gasteiger partial charge is 0.462 e. The maximum atomic E-state index is 12.9. The number of carbonyl (C=O) groups excluding carboxylic acids is 3. The van der Waals surface area contributed by atoms with Crippen LogP contribution < -0.4 is 0 Å². The van der Waals surface area contributed by atoms with E-state index in [-0.39, 0.29) is 31.1 Å². The van der Waals surface area contributed by atoms with Crippen LogP contribution in [0.4, 0.5) is 0 Å². The Bertz CT molecular complexity index is 1870. The molecule has 0 aromatic heterocycles. The zero-order valence-electron chi connectivity index (χ0n) is 52.7. The molecule has 0 aliphatic rings. The fraction of sp³-hybridized carbons (Fsp3) is 0.592. The normalized spacial score (nSPS) is 13.3. The summed E-state index contributed by atoms with van der Waals surface area (Å²) in [5, 5.41) is 0. The van der Waals surface area contributed by atoms with Crippen LogP contribution in [0.2, 0.25) is 0 Å². The minimum Gasteiger partial charge on any atom is -0.462 e. The van der Waals surface area contributed by atoms with E-state index in [1.807, 2.05) is 0 Å². The van der Waals surface area contributed by atoms with Crippen molar-refractivity contribution in [3.05, 3.63) is 170 Å². The summed E-state index contributed by atoms with van der Waals surface area (Å²) >= 11 is 0. The summed E-state index contributed by atoms with van der Waals surface area (Å²) in [5.41, 5.74) is 0. The molecule has 0 N–H and O–H groups in total. The minimum absolute atomic E-state index is 0.106. The fourth-order valence-electron chi connectivity index (χ4n) is 8.46. The highest BCUT2D eigenvalue weighted by Crippen LogP contribution is 2.13. The number of rotatable bonds is 58. The molecule has 82 heavy (non-hydrogen) atoms. The molecule has 0 saturated heterocycles. The molecule has 0 rings (SSSR count). The molecule has 6 nitrogen and oxygen atoms in total. The van der Waals surface area contributed by atoms with Crippen molar-refractivity contribution in [2.24, 2.45) is 0 Å². The van der Waals surface area contributed by atoms with Crippen LogP contribution >= 0.6 is 0 Å². The second kappa shape index (κ2) is 68.3. The highest BCUT2D eigenvalue weighted by molar-refractivity contribution is 5.71. The Morgan fingerprint density at radius 1 is 0.256 bits per heavy atom. The van der Waals surface area contributed by atoms with E-state index in [4.69, 9.17) is 14.2 Å². The fourth-order valence-corrected chi connectivity index (χ4v) is 8.46. The summed E-state index contributed by atoms with van der Waals surface area (Å²) < 4.78 is 16.9. The minimum atomic E-state index is -0.811. The first-order valence-electron chi connectivity index (χ1n) is 33.1. The first-order valence-corrected chi connectivity index (χ1v) is 33.1. The first-order chi connectivity index (χ1) is 40.5. The van der Waals surface area contributed by atoms with Crippen molar-refractivity contribution in [3.63, 3.8) is 0 Å². The van der Waals surface area contributed by atoms with Crippen molar-refractivity contribution in [2.45, 2.75) is 277 Å².